The summed E-state index contributed by atoms with van der Waals surface area (Å²) in [6.07, 6.45) is 5.05. The molecule has 20 heavy (non-hydrogen) atoms. The Morgan fingerprint density at radius 3 is 2.65 bits per heavy atom. The van der Waals surface area contributed by atoms with Crippen LogP contribution >= 0.6 is 0 Å². The third kappa shape index (κ3) is 3.83. The van der Waals surface area contributed by atoms with E-state index < -0.39 is 0 Å². The van der Waals surface area contributed by atoms with Crippen LogP contribution in [0.3, 0.4) is 0 Å². The number of carbonyl (C=O) groups is 1. The van der Waals surface area contributed by atoms with Gasteiger partial charge < -0.3 is 4.74 Å². The summed E-state index contributed by atoms with van der Waals surface area (Å²) in [7, 11) is 1.61. The van der Waals surface area contributed by atoms with E-state index in [4.69, 9.17) is 4.74 Å². The number of benzene rings is 1. The van der Waals surface area contributed by atoms with Crippen molar-refractivity contribution in [2.75, 3.05) is 26.7 Å². The number of hydrogen-bond acceptors (Lipinski definition) is 3. The molecule has 1 fully saturated rings. The molecule has 1 aromatic carbocycles. The molecule has 1 aliphatic rings. The maximum Gasteiger partial charge on any atom is 0.180 e. The molecule has 110 valence electrons. The Hall–Kier alpha value is -1.35. The van der Waals surface area contributed by atoms with Crippen molar-refractivity contribution in [3.05, 3.63) is 29.8 Å². The van der Waals surface area contributed by atoms with Gasteiger partial charge in [0.05, 0.1) is 19.2 Å². The van der Waals surface area contributed by atoms with E-state index in [1.54, 1.807) is 7.11 Å². The lowest BCUT2D eigenvalue weighted by Crippen LogP contribution is -2.37. The second-order valence-electron chi connectivity index (χ2n) is 5.63. The highest BCUT2D eigenvalue weighted by Gasteiger charge is 2.21. The minimum absolute atomic E-state index is 0.163. The van der Waals surface area contributed by atoms with E-state index in [1.807, 2.05) is 24.3 Å². The number of nitrogens with zero attached hydrogens (tertiary/aromatic N) is 1. The van der Waals surface area contributed by atoms with E-state index in [1.165, 1.54) is 25.7 Å². The van der Waals surface area contributed by atoms with Gasteiger partial charge in [-0.2, -0.15) is 0 Å². The molecule has 2 rings (SSSR count). The summed E-state index contributed by atoms with van der Waals surface area (Å²) in [5.74, 6) is 1.70. The fraction of sp³-hybridized carbons (Fsp3) is 0.588. The highest BCUT2D eigenvalue weighted by atomic mass is 16.5. The Morgan fingerprint density at radius 2 is 2.00 bits per heavy atom. The number of Topliss-reactive ketones (excluding diaryl/α,β-unsaturated/α-hetero) is 1. The molecule has 0 unspecified atom stereocenters. The number of carbonyl (C=O) groups excluding carboxylic acids is 1. The summed E-state index contributed by atoms with van der Waals surface area (Å²) < 4.78 is 5.27. The standard InChI is InChI=1S/C17H25NO2/c1-3-6-14-9-11-18(12-10-14)13-16(19)15-7-4-5-8-17(15)20-2/h4-5,7-8,14H,3,6,9-13H2,1-2H3. The average molecular weight is 275 g/mol. The molecule has 0 spiro atoms. The van der Waals surface area contributed by atoms with Gasteiger partial charge in [0.25, 0.3) is 0 Å². The first kappa shape index (κ1) is 15.0. The topological polar surface area (TPSA) is 29.5 Å². The summed E-state index contributed by atoms with van der Waals surface area (Å²) in [5.41, 5.74) is 0.700. The molecule has 0 amide bonds. The highest BCUT2D eigenvalue weighted by Crippen LogP contribution is 2.23. The zero-order chi connectivity index (χ0) is 14.4. The summed E-state index contributed by atoms with van der Waals surface area (Å²) in [6, 6.07) is 7.49. The number of ketones is 1. The first-order valence-electron chi connectivity index (χ1n) is 7.63. The molecular weight excluding hydrogens is 250 g/mol. The Labute approximate surface area is 121 Å². The normalized spacial score (nSPS) is 17.1. The minimum atomic E-state index is 0.163. The summed E-state index contributed by atoms with van der Waals surface area (Å²) in [6.45, 7) is 4.86. The third-order valence-electron chi connectivity index (χ3n) is 4.18. The second-order valence-corrected chi connectivity index (χ2v) is 5.63. The largest absolute Gasteiger partial charge is 0.496 e. The van der Waals surface area contributed by atoms with Crippen LogP contribution in [0.5, 0.6) is 5.75 Å². The van der Waals surface area contributed by atoms with Crippen molar-refractivity contribution < 1.29 is 9.53 Å². The van der Waals surface area contributed by atoms with Crippen LogP contribution in [-0.4, -0.2) is 37.4 Å². The fourth-order valence-electron chi connectivity index (χ4n) is 3.00. The molecule has 3 nitrogen and oxygen atoms in total. The van der Waals surface area contributed by atoms with Gasteiger partial charge in [-0.05, 0) is 44.0 Å². The molecule has 1 heterocycles. The van der Waals surface area contributed by atoms with Crippen LogP contribution in [0.15, 0.2) is 24.3 Å². The molecule has 0 atom stereocenters. The van der Waals surface area contributed by atoms with Crippen molar-refractivity contribution in [1.82, 2.24) is 4.90 Å². The van der Waals surface area contributed by atoms with Crippen LogP contribution in [0.25, 0.3) is 0 Å². The van der Waals surface area contributed by atoms with Gasteiger partial charge in [-0.1, -0.05) is 31.9 Å². The molecule has 1 aliphatic heterocycles. The molecule has 0 bridgehead atoms. The molecule has 0 aliphatic carbocycles. The molecule has 1 aromatic rings. The summed E-state index contributed by atoms with van der Waals surface area (Å²) >= 11 is 0. The van der Waals surface area contributed by atoms with E-state index in [9.17, 15) is 4.79 Å². The molecular formula is C17H25NO2. The van der Waals surface area contributed by atoms with Crippen LogP contribution in [-0.2, 0) is 0 Å². The van der Waals surface area contributed by atoms with Gasteiger partial charge in [0.15, 0.2) is 5.78 Å². The molecule has 3 heteroatoms. The third-order valence-corrected chi connectivity index (χ3v) is 4.18. The lowest BCUT2D eigenvalue weighted by atomic mass is 9.92. The van der Waals surface area contributed by atoms with Crippen molar-refractivity contribution in [3.8, 4) is 5.75 Å². The Bertz CT molecular complexity index is 436. The Morgan fingerprint density at radius 1 is 1.30 bits per heavy atom. The van der Waals surface area contributed by atoms with Gasteiger partial charge in [0.2, 0.25) is 0 Å². The van der Waals surface area contributed by atoms with Crippen LogP contribution < -0.4 is 4.74 Å². The maximum atomic E-state index is 12.4. The molecule has 0 N–H and O–H groups in total. The predicted octanol–water partition coefficient (Wildman–Crippen LogP) is 3.39. The van der Waals surface area contributed by atoms with Gasteiger partial charge in [0.1, 0.15) is 5.75 Å². The zero-order valence-corrected chi connectivity index (χ0v) is 12.6. The van der Waals surface area contributed by atoms with E-state index in [-0.39, 0.29) is 5.78 Å². The predicted molar refractivity (Wildman–Crippen MR) is 81.4 cm³/mol. The van der Waals surface area contributed by atoms with E-state index >= 15 is 0 Å². The van der Waals surface area contributed by atoms with Gasteiger partial charge in [-0.25, -0.2) is 0 Å². The van der Waals surface area contributed by atoms with Gasteiger partial charge in [-0.3, -0.25) is 9.69 Å². The molecule has 0 radical (unpaired) electrons. The van der Waals surface area contributed by atoms with Gasteiger partial charge >= 0.3 is 0 Å². The Kier molecular flexibility index (Phi) is 5.60. The van der Waals surface area contributed by atoms with Crippen molar-refractivity contribution in [1.29, 1.82) is 0 Å². The van der Waals surface area contributed by atoms with Crippen LogP contribution in [0.1, 0.15) is 43.0 Å². The number of rotatable bonds is 6. The number of methoxy groups -OCH3 is 1. The number of piperidine rings is 1. The van der Waals surface area contributed by atoms with Crippen molar-refractivity contribution >= 4 is 5.78 Å². The summed E-state index contributed by atoms with van der Waals surface area (Å²) in [5, 5.41) is 0. The quantitative estimate of drug-likeness (QED) is 0.745. The summed E-state index contributed by atoms with van der Waals surface area (Å²) in [4.78, 5) is 14.7. The smallest absolute Gasteiger partial charge is 0.180 e. The maximum absolute atomic E-state index is 12.4. The second kappa shape index (κ2) is 7.44. The van der Waals surface area contributed by atoms with Crippen molar-refractivity contribution in [3.63, 3.8) is 0 Å². The number of ether oxygens (including phenoxy) is 1. The van der Waals surface area contributed by atoms with Crippen LogP contribution in [0.4, 0.5) is 0 Å². The zero-order valence-electron chi connectivity index (χ0n) is 12.6. The van der Waals surface area contributed by atoms with E-state index in [0.717, 1.165) is 19.0 Å². The molecule has 0 aromatic heterocycles. The molecule has 0 saturated carbocycles. The first-order chi connectivity index (χ1) is 9.74. The number of likely N-dealkylation sites (tertiary alicyclic amines) is 1. The minimum Gasteiger partial charge on any atom is -0.496 e. The monoisotopic (exact) mass is 275 g/mol. The SMILES string of the molecule is CCCC1CCN(CC(=O)c2ccccc2OC)CC1. The van der Waals surface area contributed by atoms with Crippen molar-refractivity contribution in [2.45, 2.75) is 32.6 Å². The van der Waals surface area contributed by atoms with Gasteiger partial charge in [0, 0.05) is 0 Å². The highest BCUT2D eigenvalue weighted by molar-refractivity contribution is 6.00. The van der Waals surface area contributed by atoms with E-state index in [2.05, 4.69) is 11.8 Å². The number of para-hydroxylation sites is 1. The first-order valence-corrected chi connectivity index (χ1v) is 7.63. The van der Waals surface area contributed by atoms with Crippen LogP contribution in [0, 0.1) is 5.92 Å². The van der Waals surface area contributed by atoms with Crippen molar-refractivity contribution in [2.24, 2.45) is 5.92 Å². The number of hydrogen-bond donors (Lipinski definition) is 0. The lowest BCUT2D eigenvalue weighted by molar-refractivity contribution is 0.0890. The van der Waals surface area contributed by atoms with Gasteiger partial charge in [-0.15, -0.1) is 0 Å². The van der Waals surface area contributed by atoms with E-state index in [0.29, 0.717) is 17.9 Å². The average Bonchev–Trinajstić information content (AvgIpc) is 2.49. The lowest BCUT2D eigenvalue weighted by Gasteiger charge is -2.31. The fourth-order valence-corrected chi connectivity index (χ4v) is 3.00. The van der Waals surface area contributed by atoms with Crippen LogP contribution in [0.2, 0.25) is 0 Å². The Balaban J connectivity index is 1.89. The molecule has 1 saturated heterocycles.